The van der Waals surface area contributed by atoms with E-state index in [0.717, 1.165) is 24.4 Å². The monoisotopic (exact) mass is 279 g/mol. The molecule has 19 heavy (non-hydrogen) atoms. The Labute approximate surface area is 120 Å². The number of alkyl halides is 1. The summed E-state index contributed by atoms with van der Waals surface area (Å²) in [5.74, 6) is 0.958. The average molecular weight is 280 g/mol. The Bertz CT molecular complexity index is 545. The second-order valence-electron chi connectivity index (χ2n) is 5.30. The summed E-state index contributed by atoms with van der Waals surface area (Å²) in [5.41, 5.74) is 2.19. The molecule has 0 amide bonds. The molecule has 0 bridgehead atoms. The summed E-state index contributed by atoms with van der Waals surface area (Å²) >= 11 is 6.26. The molecule has 0 aliphatic rings. The molecule has 1 atom stereocenters. The third kappa shape index (κ3) is 3.10. The van der Waals surface area contributed by atoms with Crippen LogP contribution in [0.25, 0.3) is 11.0 Å². The molecule has 0 spiro atoms. The molecule has 0 saturated heterocycles. The highest BCUT2D eigenvalue weighted by Crippen LogP contribution is 2.24. The molecule has 3 nitrogen and oxygen atoms in total. The first-order valence-electron chi connectivity index (χ1n) is 6.80. The predicted octanol–water partition coefficient (Wildman–Crippen LogP) is 3.68. The van der Waals surface area contributed by atoms with Crippen LogP contribution in [0.2, 0.25) is 0 Å². The molecule has 1 aromatic carbocycles. The van der Waals surface area contributed by atoms with Crippen LogP contribution < -0.4 is 0 Å². The van der Waals surface area contributed by atoms with Crippen LogP contribution in [0, 0.1) is 0 Å². The molecule has 4 heteroatoms. The van der Waals surface area contributed by atoms with E-state index >= 15 is 0 Å². The summed E-state index contributed by atoms with van der Waals surface area (Å²) in [5, 5.41) is -0.0724. The van der Waals surface area contributed by atoms with Gasteiger partial charge in [0.15, 0.2) is 0 Å². The first kappa shape index (κ1) is 14.4. The molecule has 0 N–H and O–H groups in total. The number of fused-ring (bicyclic) bond motifs is 1. The Morgan fingerprint density at radius 3 is 2.58 bits per heavy atom. The fourth-order valence-corrected chi connectivity index (χ4v) is 2.32. The number of hydrogen-bond donors (Lipinski definition) is 0. The number of para-hydroxylation sites is 2. The van der Waals surface area contributed by atoms with E-state index in [2.05, 4.69) is 47.5 Å². The second-order valence-corrected chi connectivity index (χ2v) is 5.96. The van der Waals surface area contributed by atoms with E-state index in [1.807, 2.05) is 19.1 Å². The summed E-state index contributed by atoms with van der Waals surface area (Å²) in [4.78, 5) is 6.98. The van der Waals surface area contributed by atoms with Gasteiger partial charge in [0.2, 0.25) is 0 Å². The lowest BCUT2D eigenvalue weighted by Crippen LogP contribution is -2.30. The SMILES string of the molecule is CC(Cl)c1nc2ccccc2n1CCN(C)C(C)C. The number of halogens is 1. The van der Waals surface area contributed by atoms with Crippen molar-refractivity contribution in [3.8, 4) is 0 Å². The van der Waals surface area contributed by atoms with E-state index in [-0.39, 0.29) is 5.38 Å². The Morgan fingerprint density at radius 2 is 1.95 bits per heavy atom. The molecule has 0 fully saturated rings. The van der Waals surface area contributed by atoms with Crippen LogP contribution in [0.3, 0.4) is 0 Å². The zero-order valence-corrected chi connectivity index (χ0v) is 12.9. The molecule has 1 aromatic heterocycles. The van der Waals surface area contributed by atoms with Crippen molar-refractivity contribution < 1.29 is 0 Å². The Kier molecular flexibility index (Phi) is 4.48. The van der Waals surface area contributed by atoms with Crippen molar-refractivity contribution in [2.45, 2.75) is 38.7 Å². The van der Waals surface area contributed by atoms with E-state index in [1.54, 1.807) is 0 Å². The normalized spacial score (nSPS) is 13.6. The van der Waals surface area contributed by atoms with Gasteiger partial charge in [-0.1, -0.05) is 12.1 Å². The first-order chi connectivity index (χ1) is 9.00. The van der Waals surface area contributed by atoms with Crippen LogP contribution in [-0.2, 0) is 6.54 Å². The van der Waals surface area contributed by atoms with Gasteiger partial charge in [-0.05, 0) is 40.0 Å². The van der Waals surface area contributed by atoms with Crippen molar-refractivity contribution in [1.29, 1.82) is 0 Å². The lowest BCUT2D eigenvalue weighted by atomic mass is 10.3. The van der Waals surface area contributed by atoms with Gasteiger partial charge in [-0.2, -0.15) is 0 Å². The average Bonchev–Trinajstić information content (AvgIpc) is 2.74. The molecular weight excluding hydrogens is 258 g/mol. The Balaban J connectivity index is 2.31. The van der Waals surface area contributed by atoms with E-state index in [4.69, 9.17) is 11.6 Å². The van der Waals surface area contributed by atoms with Crippen molar-refractivity contribution >= 4 is 22.6 Å². The first-order valence-corrected chi connectivity index (χ1v) is 7.24. The number of benzene rings is 1. The fourth-order valence-electron chi connectivity index (χ4n) is 2.15. The van der Waals surface area contributed by atoms with Gasteiger partial charge in [-0.3, -0.25) is 0 Å². The van der Waals surface area contributed by atoms with Crippen molar-refractivity contribution in [3.05, 3.63) is 30.1 Å². The number of imidazole rings is 1. The molecule has 2 aromatic rings. The van der Waals surface area contributed by atoms with Gasteiger partial charge in [-0.25, -0.2) is 4.98 Å². The van der Waals surface area contributed by atoms with Gasteiger partial charge in [0.25, 0.3) is 0 Å². The fraction of sp³-hybridized carbons (Fsp3) is 0.533. The van der Waals surface area contributed by atoms with Gasteiger partial charge < -0.3 is 9.47 Å². The summed E-state index contributed by atoms with van der Waals surface area (Å²) in [7, 11) is 2.15. The third-order valence-electron chi connectivity index (χ3n) is 3.60. The molecule has 0 radical (unpaired) electrons. The maximum atomic E-state index is 6.26. The molecule has 104 valence electrons. The predicted molar refractivity (Wildman–Crippen MR) is 81.8 cm³/mol. The highest BCUT2D eigenvalue weighted by atomic mass is 35.5. The van der Waals surface area contributed by atoms with Gasteiger partial charge in [0.05, 0.1) is 16.4 Å². The largest absolute Gasteiger partial charge is 0.325 e. The van der Waals surface area contributed by atoms with Gasteiger partial charge in [-0.15, -0.1) is 11.6 Å². The Morgan fingerprint density at radius 1 is 1.26 bits per heavy atom. The van der Waals surface area contributed by atoms with Crippen LogP contribution in [0.1, 0.15) is 32.0 Å². The molecule has 0 saturated carbocycles. The van der Waals surface area contributed by atoms with Crippen LogP contribution in [0.4, 0.5) is 0 Å². The number of nitrogens with zero attached hydrogens (tertiary/aromatic N) is 3. The van der Waals surface area contributed by atoms with Crippen molar-refractivity contribution in [2.24, 2.45) is 0 Å². The standard InChI is InChI=1S/C15H22ClN3/c1-11(2)18(4)9-10-19-14-8-6-5-7-13(14)17-15(19)12(3)16/h5-8,11-12H,9-10H2,1-4H3. The van der Waals surface area contributed by atoms with Crippen molar-refractivity contribution in [3.63, 3.8) is 0 Å². The number of rotatable bonds is 5. The molecule has 2 rings (SSSR count). The van der Waals surface area contributed by atoms with E-state index in [1.165, 1.54) is 5.52 Å². The van der Waals surface area contributed by atoms with Crippen molar-refractivity contribution in [1.82, 2.24) is 14.5 Å². The summed E-state index contributed by atoms with van der Waals surface area (Å²) < 4.78 is 2.24. The van der Waals surface area contributed by atoms with Gasteiger partial charge >= 0.3 is 0 Å². The number of aromatic nitrogens is 2. The quantitative estimate of drug-likeness (QED) is 0.779. The highest BCUT2D eigenvalue weighted by Gasteiger charge is 2.15. The lowest BCUT2D eigenvalue weighted by Gasteiger charge is -2.22. The van der Waals surface area contributed by atoms with Crippen molar-refractivity contribution in [2.75, 3.05) is 13.6 Å². The number of likely N-dealkylation sites (N-methyl/N-ethyl adjacent to an activating group) is 1. The van der Waals surface area contributed by atoms with Crippen LogP contribution >= 0.6 is 11.6 Å². The maximum absolute atomic E-state index is 6.26. The lowest BCUT2D eigenvalue weighted by molar-refractivity contribution is 0.263. The second kappa shape index (κ2) is 5.93. The number of hydrogen-bond acceptors (Lipinski definition) is 2. The topological polar surface area (TPSA) is 21.1 Å². The zero-order valence-electron chi connectivity index (χ0n) is 12.1. The minimum absolute atomic E-state index is 0.0724. The zero-order chi connectivity index (χ0) is 14.0. The molecule has 0 aliphatic carbocycles. The minimum atomic E-state index is -0.0724. The van der Waals surface area contributed by atoms with Crippen LogP contribution in [0.15, 0.2) is 24.3 Å². The summed E-state index contributed by atoms with van der Waals surface area (Å²) in [6.07, 6.45) is 0. The van der Waals surface area contributed by atoms with E-state index in [9.17, 15) is 0 Å². The Hall–Kier alpha value is -1.06. The highest BCUT2D eigenvalue weighted by molar-refractivity contribution is 6.20. The third-order valence-corrected chi connectivity index (χ3v) is 3.79. The van der Waals surface area contributed by atoms with Gasteiger partial charge in [0, 0.05) is 19.1 Å². The summed E-state index contributed by atoms with van der Waals surface area (Å²) in [6, 6.07) is 8.77. The minimum Gasteiger partial charge on any atom is -0.325 e. The van der Waals surface area contributed by atoms with E-state index in [0.29, 0.717) is 6.04 Å². The van der Waals surface area contributed by atoms with Crippen LogP contribution in [-0.4, -0.2) is 34.1 Å². The maximum Gasteiger partial charge on any atom is 0.127 e. The van der Waals surface area contributed by atoms with E-state index < -0.39 is 0 Å². The van der Waals surface area contributed by atoms with Gasteiger partial charge in [0.1, 0.15) is 5.82 Å². The summed E-state index contributed by atoms with van der Waals surface area (Å²) in [6.45, 7) is 8.30. The molecule has 0 aliphatic heterocycles. The molecule has 1 unspecified atom stereocenters. The molecular formula is C15H22ClN3. The molecule has 1 heterocycles. The smallest absolute Gasteiger partial charge is 0.127 e. The van der Waals surface area contributed by atoms with Crippen LogP contribution in [0.5, 0.6) is 0 Å².